The molecule has 1 fully saturated rings. The lowest BCUT2D eigenvalue weighted by Gasteiger charge is -2.32. The van der Waals surface area contributed by atoms with Gasteiger partial charge in [0.25, 0.3) is 15.7 Å². The monoisotopic (exact) mass is 355 g/mol. The number of imidazole rings is 1. The van der Waals surface area contributed by atoms with Gasteiger partial charge in [-0.05, 0) is 13.0 Å². The number of benzene rings is 1. The van der Waals surface area contributed by atoms with E-state index in [1.54, 1.807) is 6.92 Å². The lowest BCUT2D eigenvalue weighted by Crippen LogP contribution is -2.50. The van der Waals surface area contributed by atoms with Crippen LogP contribution in [0.4, 0.5) is 5.69 Å². The predicted molar refractivity (Wildman–Crippen MR) is 84.9 cm³/mol. The first-order valence-electron chi connectivity index (χ1n) is 7.35. The van der Waals surface area contributed by atoms with Crippen LogP contribution in [0.15, 0.2) is 23.4 Å². The molecule has 0 bridgehead atoms. The summed E-state index contributed by atoms with van der Waals surface area (Å²) in [5, 5.41) is 10.5. The molecule has 1 atom stereocenters. The number of nitrogens with zero attached hydrogens (tertiary/aromatic N) is 3. The van der Waals surface area contributed by atoms with Gasteiger partial charge in [-0.2, -0.15) is 4.72 Å². The van der Waals surface area contributed by atoms with Crippen molar-refractivity contribution >= 4 is 26.7 Å². The van der Waals surface area contributed by atoms with E-state index in [0.717, 1.165) is 0 Å². The standard InChI is InChI=1S/C13H17N5O5S/c1-9(17-4-6-23-7-5-17)16-24(21,22)13-14-11-3-2-10(18(19)20)8-12(11)15-13/h2-3,8-9,16H,4-7H2,1H3,(H,14,15). The average molecular weight is 355 g/mol. The van der Waals surface area contributed by atoms with Gasteiger partial charge in [-0.3, -0.25) is 15.0 Å². The van der Waals surface area contributed by atoms with Crippen LogP contribution in [0, 0.1) is 10.1 Å². The van der Waals surface area contributed by atoms with Crippen LogP contribution in [-0.4, -0.2) is 60.7 Å². The number of hydrogen-bond donors (Lipinski definition) is 2. The van der Waals surface area contributed by atoms with Crippen molar-refractivity contribution in [1.82, 2.24) is 19.6 Å². The number of H-pyrrole nitrogens is 1. The van der Waals surface area contributed by atoms with Crippen LogP contribution in [-0.2, 0) is 14.8 Å². The molecule has 2 heterocycles. The Balaban J connectivity index is 1.83. The molecule has 0 aliphatic carbocycles. The summed E-state index contributed by atoms with van der Waals surface area (Å²) >= 11 is 0. The van der Waals surface area contributed by atoms with E-state index in [0.29, 0.717) is 31.8 Å². The molecule has 2 N–H and O–H groups in total. The molecule has 3 rings (SSSR count). The fraction of sp³-hybridized carbons (Fsp3) is 0.462. The number of ether oxygens (including phenoxy) is 1. The molecule has 1 aromatic heterocycles. The minimum atomic E-state index is -3.87. The molecule has 1 aliphatic rings. The van der Waals surface area contributed by atoms with Gasteiger partial charge in [0.2, 0.25) is 5.16 Å². The van der Waals surface area contributed by atoms with Gasteiger partial charge in [-0.25, -0.2) is 13.4 Å². The van der Waals surface area contributed by atoms with Gasteiger partial charge >= 0.3 is 0 Å². The first-order chi connectivity index (χ1) is 11.4. The highest BCUT2D eigenvalue weighted by atomic mass is 32.2. The molecule has 130 valence electrons. The number of aromatic amines is 1. The highest BCUT2D eigenvalue weighted by Gasteiger charge is 2.26. The van der Waals surface area contributed by atoms with Gasteiger partial charge in [0.05, 0.1) is 35.3 Å². The fourth-order valence-electron chi connectivity index (χ4n) is 2.53. The van der Waals surface area contributed by atoms with Crippen LogP contribution in [0.1, 0.15) is 6.92 Å². The maximum atomic E-state index is 12.5. The van der Waals surface area contributed by atoms with Crippen molar-refractivity contribution in [2.24, 2.45) is 0 Å². The molecule has 0 saturated carbocycles. The van der Waals surface area contributed by atoms with Gasteiger partial charge in [0, 0.05) is 25.2 Å². The molecule has 10 nitrogen and oxygen atoms in total. The van der Waals surface area contributed by atoms with E-state index in [9.17, 15) is 18.5 Å². The second-order valence-corrected chi connectivity index (χ2v) is 7.08. The summed E-state index contributed by atoms with van der Waals surface area (Å²) in [6.45, 7) is 4.13. The maximum absolute atomic E-state index is 12.5. The van der Waals surface area contributed by atoms with Gasteiger partial charge in [-0.1, -0.05) is 0 Å². The number of nitro benzene ring substituents is 1. The van der Waals surface area contributed by atoms with Crippen molar-refractivity contribution in [3.63, 3.8) is 0 Å². The highest BCUT2D eigenvalue weighted by molar-refractivity contribution is 7.89. The van der Waals surface area contributed by atoms with Gasteiger partial charge in [0.1, 0.15) is 0 Å². The third-order valence-corrected chi connectivity index (χ3v) is 5.18. The van der Waals surface area contributed by atoms with Crippen molar-refractivity contribution in [3.8, 4) is 0 Å². The number of aromatic nitrogens is 2. The van der Waals surface area contributed by atoms with E-state index in [1.165, 1.54) is 18.2 Å². The molecule has 0 amide bonds. The number of morpholine rings is 1. The van der Waals surface area contributed by atoms with Crippen LogP contribution in [0.25, 0.3) is 11.0 Å². The topological polar surface area (TPSA) is 130 Å². The summed E-state index contributed by atoms with van der Waals surface area (Å²) in [6, 6.07) is 3.96. The Morgan fingerprint density at radius 1 is 1.42 bits per heavy atom. The second kappa shape index (κ2) is 6.43. The molecule has 1 saturated heterocycles. The number of hydrogen-bond acceptors (Lipinski definition) is 7. The lowest BCUT2D eigenvalue weighted by molar-refractivity contribution is -0.384. The van der Waals surface area contributed by atoms with Crippen LogP contribution in [0.3, 0.4) is 0 Å². The molecule has 2 aromatic rings. The van der Waals surface area contributed by atoms with E-state index in [2.05, 4.69) is 14.7 Å². The van der Waals surface area contributed by atoms with E-state index in [1.807, 2.05) is 4.90 Å². The summed E-state index contributed by atoms with van der Waals surface area (Å²) in [7, 11) is -3.87. The summed E-state index contributed by atoms with van der Waals surface area (Å²) in [6.07, 6.45) is -0.415. The van der Waals surface area contributed by atoms with Crippen molar-refractivity contribution in [2.45, 2.75) is 18.2 Å². The molecule has 0 spiro atoms. The lowest BCUT2D eigenvalue weighted by atomic mass is 10.3. The van der Waals surface area contributed by atoms with Crippen LogP contribution >= 0.6 is 0 Å². The summed E-state index contributed by atoms with van der Waals surface area (Å²) in [5.41, 5.74) is 0.496. The van der Waals surface area contributed by atoms with E-state index in [4.69, 9.17) is 4.74 Å². The summed E-state index contributed by atoms with van der Waals surface area (Å²) < 4.78 is 32.8. The Labute approximate surface area is 138 Å². The first-order valence-corrected chi connectivity index (χ1v) is 8.83. The Hall–Kier alpha value is -2.08. The number of nitrogens with one attached hydrogen (secondary N) is 2. The highest BCUT2D eigenvalue weighted by Crippen LogP contribution is 2.20. The van der Waals surface area contributed by atoms with Crippen molar-refractivity contribution in [1.29, 1.82) is 0 Å². The molecule has 1 unspecified atom stereocenters. The SMILES string of the molecule is CC(NS(=O)(=O)c1nc2cc([N+](=O)[O-])ccc2[nH]1)N1CCOCC1. The summed E-state index contributed by atoms with van der Waals surface area (Å²) in [5.74, 6) is 0. The van der Waals surface area contributed by atoms with E-state index < -0.39 is 21.1 Å². The smallest absolute Gasteiger partial charge is 0.275 e. The largest absolute Gasteiger partial charge is 0.379 e. The number of sulfonamides is 1. The first kappa shape index (κ1) is 16.8. The van der Waals surface area contributed by atoms with Crippen molar-refractivity contribution in [2.75, 3.05) is 26.3 Å². The fourth-order valence-corrected chi connectivity index (χ4v) is 3.70. The molecule has 1 aliphatic heterocycles. The molecule has 11 heteroatoms. The zero-order valence-electron chi connectivity index (χ0n) is 12.9. The van der Waals surface area contributed by atoms with Gasteiger partial charge in [0.15, 0.2) is 0 Å². The third kappa shape index (κ3) is 3.38. The minimum Gasteiger partial charge on any atom is -0.379 e. The number of rotatable bonds is 5. The number of non-ortho nitro benzene ring substituents is 1. The second-order valence-electron chi connectivity index (χ2n) is 5.45. The summed E-state index contributed by atoms with van der Waals surface area (Å²) in [4.78, 5) is 18.8. The molecule has 24 heavy (non-hydrogen) atoms. The zero-order valence-corrected chi connectivity index (χ0v) is 13.7. The molecular formula is C13H17N5O5S. The number of nitro groups is 1. The quantitative estimate of drug-likeness (QED) is 0.587. The maximum Gasteiger partial charge on any atom is 0.275 e. The van der Waals surface area contributed by atoms with Crippen LogP contribution in [0.2, 0.25) is 0 Å². The van der Waals surface area contributed by atoms with Gasteiger partial charge < -0.3 is 9.72 Å². The van der Waals surface area contributed by atoms with Crippen molar-refractivity contribution < 1.29 is 18.1 Å². The van der Waals surface area contributed by atoms with E-state index in [-0.39, 0.29) is 16.4 Å². The predicted octanol–water partition coefficient (Wildman–Crippen LogP) is 0.428. The molecular weight excluding hydrogens is 338 g/mol. The third-order valence-electron chi connectivity index (χ3n) is 3.83. The van der Waals surface area contributed by atoms with Crippen molar-refractivity contribution in [3.05, 3.63) is 28.3 Å². The normalized spacial score (nSPS) is 17.9. The Bertz CT molecular complexity index is 859. The van der Waals surface area contributed by atoms with Crippen LogP contribution in [0.5, 0.6) is 0 Å². The van der Waals surface area contributed by atoms with Gasteiger partial charge in [-0.15, -0.1) is 0 Å². The molecule has 0 radical (unpaired) electrons. The van der Waals surface area contributed by atoms with E-state index >= 15 is 0 Å². The Morgan fingerprint density at radius 2 is 2.12 bits per heavy atom. The average Bonchev–Trinajstić information content (AvgIpc) is 2.99. The molecule has 1 aromatic carbocycles. The Kier molecular flexibility index (Phi) is 4.49. The zero-order chi connectivity index (χ0) is 17.3. The Morgan fingerprint density at radius 3 is 2.79 bits per heavy atom. The minimum absolute atomic E-state index is 0.146. The number of fused-ring (bicyclic) bond motifs is 1. The van der Waals surface area contributed by atoms with Crippen LogP contribution < -0.4 is 4.72 Å².